The number of rotatable bonds is 9. The van der Waals surface area contributed by atoms with Gasteiger partial charge >= 0.3 is 12.1 Å². The van der Waals surface area contributed by atoms with Crippen molar-refractivity contribution in [1.29, 1.82) is 0 Å². The van der Waals surface area contributed by atoms with Crippen molar-refractivity contribution in [3.05, 3.63) is 108 Å². The highest BCUT2D eigenvalue weighted by Gasteiger charge is 2.29. The standard InChI is InChI=1S/C38H44N4O4/c1-38(2,3)46-37(44)41(33-10-6-5-7-11-33)26-28-13-17-30(18-14-28)31-19-15-29(16-20-31)27-42(35-12-8-9-25-39-35)36(43)40-32-21-23-34(45-4)24-22-32/h8-9,12-25,33H,5-7,10-11,26-27H2,1-4H3,(H,40,43). The second-order valence-electron chi connectivity index (χ2n) is 12.7. The molecule has 1 heterocycles. The Hall–Kier alpha value is -4.85. The fraction of sp³-hybridized carbons (Fsp3) is 0.342. The molecule has 0 aliphatic heterocycles. The number of amides is 3. The van der Waals surface area contributed by atoms with Crippen LogP contribution in [0.15, 0.2) is 97.2 Å². The summed E-state index contributed by atoms with van der Waals surface area (Å²) in [6, 6.07) is 29.2. The number of methoxy groups -OCH3 is 1. The Morgan fingerprint density at radius 2 is 1.41 bits per heavy atom. The summed E-state index contributed by atoms with van der Waals surface area (Å²) in [7, 11) is 1.61. The Balaban J connectivity index is 1.27. The molecule has 3 amide bonds. The minimum absolute atomic E-state index is 0.208. The van der Waals surface area contributed by atoms with Gasteiger partial charge in [-0.1, -0.05) is 73.9 Å². The molecule has 1 fully saturated rings. The predicted molar refractivity (Wildman–Crippen MR) is 183 cm³/mol. The van der Waals surface area contributed by atoms with Gasteiger partial charge in [0.05, 0.1) is 13.7 Å². The van der Waals surface area contributed by atoms with Gasteiger partial charge in [0.25, 0.3) is 0 Å². The molecule has 0 radical (unpaired) electrons. The summed E-state index contributed by atoms with van der Waals surface area (Å²) in [5.74, 6) is 1.28. The molecule has 5 rings (SSSR count). The highest BCUT2D eigenvalue weighted by molar-refractivity contribution is 6.01. The lowest BCUT2D eigenvalue weighted by Crippen LogP contribution is -2.43. The third kappa shape index (κ3) is 8.87. The van der Waals surface area contributed by atoms with Gasteiger partial charge in [-0.15, -0.1) is 0 Å². The number of urea groups is 1. The lowest BCUT2D eigenvalue weighted by atomic mass is 9.94. The molecule has 3 aromatic carbocycles. The molecular weight excluding hydrogens is 576 g/mol. The minimum Gasteiger partial charge on any atom is -0.497 e. The number of hydrogen-bond acceptors (Lipinski definition) is 5. The molecule has 46 heavy (non-hydrogen) atoms. The van der Waals surface area contributed by atoms with Crippen LogP contribution in [0.2, 0.25) is 0 Å². The van der Waals surface area contributed by atoms with Crippen molar-refractivity contribution >= 4 is 23.6 Å². The topological polar surface area (TPSA) is 84.0 Å². The van der Waals surface area contributed by atoms with Crippen LogP contribution in [0, 0.1) is 0 Å². The molecule has 1 aliphatic rings. The Kier molecular flexibility index (Phi) is 10.6. The van der Waals surface area contributed by atoms with Gasteiger partial charge < -0.3 is 19.7 Å². The Morgan fingerprint density at radius 3 is 1.96 bits per heavy atom. The molecule has 8 heteroatoms. The van der Waals surface area contributed by atoms with Gasteiger partial charge in [-0.25, -0.2) is 14.6 Å². The predicted octanol–water partition coefficient (Wildman–Crippen LogP) is 9.07. The van der Waals surface area contributed by atoms with Crippen LogP contribution >= 0.6 is 0 Å². The number of benzene rings is 3. The van der Waals surface area contributed by atoms with Crippen molar-refractivity contribution in [2.75, 3.05) is 17.3 Å². The van der Waals surface area contributed by atoms with E-state index in [2.05, 4.69) is 46.7 Å². The normalized spacial score (nSPS) is 13.5. The number of carbonyl (C=O) groups is 2. The first-order valence-electron chi connectivity index (χ1n) is 16.0. The molecule has 1 aliphatic carbocycles. The van der Waals surface area contributed by atoms with Gasteiger partial charge in [-0.2, -0.15) is 0 Å². The van der Waals surface area contributed by atoms with Crippen molar-refractivity contribution < 1.29 is 19.1 Å². The minimum atomic E-state index is -0.533. The van der Waals surface area contributed by atoms with Crippen molar-refractivity contribution in [3.8, 4) is 16.9 Å². The summed E-state index contributed by atoms with van der Waals surface area (Å²) in [5, 5.41) is 2.97. The number of anilines is 2. The van der Waals surface area contributed by atoms with E-state index >= 15 is 0 Å². The molecular formula is C38H44N4O4. The molecule has 1 aromatic heterocycles. The van der Waals surface area contributed by atoms with E-state index in [-0.39, 0.29) is 18.2 Å². The van der Waals surface area contributed by atoms with Crippen LogP contribution in [0.3, 0.4) is 0 Å². The number of carbonyl (C=O) groups excluding carboxylic acids is 2. The van der Waals surface area contributed by atoms with E-state index < -0.39 is 5.60 Å². The van der Waals surface area contributed by atoms with Gasteiger partial charge in [-0.3, -0.25) is 4.90 Å². The molecule has 0 spiro atoms. The number of nitrogens with zero attached hydrogens (tertiary/aromatic N) is 3. The van der Waals surface area contributed by atoms with E-state index in [1.165, 1.54) is 6.42 Å². The molecule has 0 bridgehead atoms. The van der Waals surface area contributed by atoms with E-state index in [1.54, 1.807) is 42.5 Å². The number of aromatic nitrogens is 1. The van der Waals surface area contributed by atoms with Crippen LogP contribution < -0.4 is 15.0 Å². The Bertz CT molecular complexity index is 1560. The van der Waals surface area contributed by atoms with Gasteiger partial charge in [0, 0.05) is 24.5 Å². The van der Waals surface area contributed by atoms with Crippen molar-refractivity contribution in [1.82, 2.24) is 9.88 Å². The summed E-state index contributed by atoms with van der Waals surface area (Å²) in [6.07, 6.45) is 6.99. The van der Waals surface area contributed by atoms with E-state index in [4.69, 9.17) is 9.47 Å². The van der Waals surface area contributed by atoms with E-state index in [9.17, 15) is 9.59 Å². The van der Waals surface area contributed by atoms with Crippen LogP contribution in [0.4, 0.5) is 21.1 Å². The highest BCUT2D eigenvalue weighted by Crippen LogP contribution is 2.28. The fourth-order valence-electron chi connectivity index (χ4n) is 5.68. The van der Waals surface area contributed by atoms with Gasteiger partial charge in [0.2, 0.25) is 0 Å². The van der Waals surface area contributed by atoms with Crippen LogP contribution in [0.1, 0.15) is 64.0 Å². The second-order valence-corrected chi connectivity index (χ2v) is 12.7. The molecule has 4 aromatic rings. The number of ether oxygens (including phenoxy) is 2. The lowest BCUT2D eigenvalue weighted by Gasteiger charge is -2.35. The van der Waals surface area contributed by atoms with Crippen LogP contribution in [-0.4, -0.2) is 40.8 Å². The molecule has 0 unspecified atom stereocenters. The summed E-state index contributed by atoms with van der Waals surface area (Å²) in [4.78, 5) is 34.5. The van der Waals surface area contributed by atoms with Gasteiger partial charge in [0.1, 0.15) is 17.2 Å². The maximum Gasteiger partial charge on any atom is 0.410 e. The van der Waals surface area contributed by atoms with Crippen LogP contribution in [0.5, 0.6) is 5.75 Å². The third-order valence-corrected chi connectivity index (χ3v) is 8.09. The summed E-state index contributed by atoms with van der Waals surface area (Å²) in [6.45, 7) is 6.62. The molecule has 240 valence electrons. The number of nitrogens with one attached hydrogen (secondary N) is 1. The summed E-state index contributed by atoms with van der Waals surface area (Å²) in [5.41, 5.74) is 4.32. The summed E-state index contributed by atoms with van der Waals surface area (Å²) >= 11 is 0. The Labute approximate surface area is 272 Å². The second kappa shape index (κ2) is 15.0. The van der Waals surface area contributed by atoms with Crippen molar-refractivity contribution in [2.24, 2.45) is 0 Å². The monoisotopic (exact) mass is 620 g/mol. The molecule has 0 atom stereocenters. The zero-order valence-corrected chi connectivity index (χ0v) is 27.2. The van der Waals surface area contributed by atoms with Crippen LogP contribution in [-0.2, 0) is 17.8 Å². The quantitative estimate of drug-likeness (QED) is 0.202. The largest absolute Gasteiger partial charge is 0.497 e. The van der Waals surface area contributed by atoms with E-state index in [0.717, 1.165) is 53.7 Å². The lowest BCUT2D eigenvalue weighted by molar-refractivity contribution is 0.00988. The third-order valence-electron chi connectivity index (χ3n) is 8.09. The van der Waals surface area contributed by atoms with Crippen molar-refractivity contribution in [3.63, 3.8) is 0 Å². The zero-order valence-electron chi connectivity index (χ0n) is 27.2. The molecule has 1 saturated carbocycles. The van der Waals surface area contributed by atoms with Crippen molar-refractivity contribution in [2.45, 2.75) is 77.6 Å². The number of hydrogen-bond donors (Lipinski definition) is 1. The average Bonchev–Trinajstić information content (AvgIpc) is 3.07. The fourth-order valence-corrected chi connectivity index (χ4v) is 5.68. The number of pyridine rings is 1. The van der Waals surface area contributed by atoms with Gasteiger partial charge in [0.15, 0.2) is 0 Å². The first-order chi connectivity index (χ1) is 22.2. The van der Waals surface area contributed by atoms with E-state index in [1.807, 2.05) is 56.0 Å². The highest BCUT2D eigenvalue weighted by atomic mass is 16.6. The maximum atomic E-state index is 13.4. The van der Waals surface area contributed by atoms with Crippen LogP contribution in [0.25, 0.3) is 11.1 Å². The first kappa shape index (κ1) is 32.5. The van der Waals surface area contributed by atoms with E-state index in [0.29, 0.717) is 24.6 Å². The molecule has 8 nitrogen and oxygen atoms in total. The average molecular weight is 621 g/mol. The maximum absolute atomic E-state index is 13.4. The smallest absolute Gasteiger partial charge is 0.410 e. The first-order valence-corrected chi connectivity index (χ1v) is 16.0. The van der Waals surface area contributed by atoms with Gasteiger partial charge in [-0.05, 0) is 92.3 Å². The SMILES string of the molecule is COc1ccc(NC(=O)N(Cc2ccc(-c3ccc(CN(C(=O)OC(C)(C)C)C4CCCCC4)cc3)cc2)c2ccccn2)cc1. The molecule has 1 N–H and O–H groups in total. The molecule has 0 saturated heterocycles. The Morgan fingerprint density at radius 1 is 0.804 bits per heavy atom. The zero-order chi connectivity index (χ0) is 32.5. The summed E-state index contributed by atoms with van der Waals surface area (Å²) < 4.78 is 11.0.